The van der Waals surface area contributed by atoms with Gasteiger partial charge in [0, 0.05) is 6.42 Å². The summed E-state index contributed by atoms with van der Waals surface area (Å²) in [5, 5.41) is 0. The summed E-state index contributed by atoms with van der Waals surface area (Å²) < 4.78 is 10.3. The summed E-state index contributed by atoms with van der Waals surface area (Å²) in [5.41, 5.74) is 2.26. The molecular weight excluding hydrogens is 240 g/mol. The zero-order chi connectivity index (χ0) is 14.3. The lowest BCUT2D eigenvalue weighted by Crippen LogP contribution is -2.16. The first kappa shape index (κ1) is 15.0. The number of aryl methyl sites for hydroxylation is 1. The van der Waals surface area contributed by atoms with Gasteiger partial charge in [0.25, 0.3) is 0 Å². The average molecular weight is 258 g/mol. The van der Waals surface area contributed by atoms with Crippen molar-refractivity contribution in [3.63, 3.8) is 0 Å². The number of carbonyl (C=O) groups excluding carboxylic acids is 1. The highest BCUT2D eigenvalue weighted by Crippen LogP contribution is 2.26. The molecule has 0 saturated heterocycles. The Bertz CT molecular complexity index is 480. The molecule has 0 spiro atoms. The largest absolute Gasteiger partial charge is 0.466 e. The standard InChI is InChI=1S/C16H18O3/c1-5-6-11-19-15(13(3)16(17)18-4)14-9-7-12(2)8-10-14/h1,7-10,15H,3,6,11H2,2,4H3. The Morgan fingerprint density at radius 1 is 1.42 bits per heavy atom. The summed E-state index contributed by atoms with van der Waals surface area (Å²) >= 11 is 0. The minimum absolute atomic E-state index is 0.267. The summed E-state index contributed by atoms with van der Waals surface area (Å²) in [6, 6.07) is 7.73. The number of hydrogen-bond acceptors (Lipinski definition) is 3. The maximum atomic E-state index is 11.6. The van der Waals surface area contributed by atoms with Crippen LogP contribution in [0.2, 0.25) is 0 Å². The van der Waals surface area contributed by atoms with Crippen LogP contribution in [0, 0.1) is 19.3 Å². The van der Waals surface area contributed by atoms with Gasteiger partial charge < -0.3 is 9.47 Å². The predicted molar refractivity (Wildman–Crippen MR) is 74.5 cm³/mol. The van der Waals surface area contributed by atoms with Crippen LogP contribution in [-0.2, 0) is 14.3 Å². The Kier molecular flexibility index (Phi) is 5.84. The van der Waals surface area contributed by atoms with Gasteiger partial charge in [-0.05, 0) is 12.5 Å². The van der Waals surface area contributed by atoms with Gasteiger partial charge in [-0.15, -0.1) is 12.3 Å². The van der Waals surface area contributed by atoms with Crippen molar-refractivity contribution in [1.29, 1.82) is 0 Å². The van der Waals surface area contributed by atoms with Crippen molar-refractivity contribution >= 4 is 5.97 Å². The van der Waals surface area contributed by atoms with E-state index in [0.717, 1.165) is 11.1 Å². The van der Waals surface area contributed by atoms with E-state index in [1.807, 2.05) is 31.2 Å². The molecule has 0 amide bonds. The van der Waals surface area contributed by atoms with E-state index in [1.165, 1.54) is 7.11 Å². The maximum Gasteiger partial charge on any atom is 0.336 e. The summed E-state index contributed by atoms with van der Waals surface area (Å²) in [6.07, 6.45) is 5.15. The summed E-state index contributed by atoms with van der Waals surface area (Å²) in [7, 11) is 1.32. The lowest BCUT2D eigenvalue weighted by atomic mass is 10.0. The van der Waals surface area contributed by atoms with E-state index >= 15 is 0 Å². The van der Waals surface area contributed by atoms with Crippen molar-refractivity contribution < 1.29 is 14.3 Å². The topological polar surface area (TPSA) is 35.5 Å². The SMILES string of the molecule is C#CCCOC(C(=C)C(=O)OC)c1ccc(C)cc1. The average Bonchev–Trinajstić information content (AvgIpc) is 2.43. The fourth-order valence-corrected chi connectivity index (χ4v) is 1.61. The van der Waals surface area contributed by atoms with Crippen LogP contribution in [0.1, 0.15) is 23.7 Å². The van der Waals surface area contributed by atoms with Crippen LogP contribution in [-0.4, -0.2) is 19.7 Å². The van der Waals surface area contributed by atoms with Crippen LogP contribution in [0.4, 0.5) is 0 Å². The second-order valence-electron chi connectivity index (χ2n) is 4.13. The fourth-order valence-electron chi connectivity index (χ4n) is 1.61. The van der Waals surface area contributed by atoms with Crippen LogP contribution in [0.3, 0.4) is 0 Å². The van der Waals surface area contributed by atoms with Crippen molar-refractivity contribution in [2.75, 3.05) is 13.7 Å². The molecule has 3 nitrogen and oxygen atoms in total. The molecule has 0 radical (unpaired) electrons. The molecule has 0 saturated carbocycles. The molecule has 1 aromatic carbocycles. The highest BCUT2D eigenvalue weighted by Gasteiger charge is 2.22. The van der Waals surface area contributed by atoms with Gasteiger partial charge >= 0.3 is 5.97 Å². The number of terminal acetylenes is 1. The van der Waals surface area contributed by atoms with Gasteiger partial charge in [-0.3, -0.25) is 0 Å². The lowest BCUT2D eigenvalue weighted by Gasteiger charge is -2.19. The van der Waals surface area contributed by atoms with E-state index in [-0.39, 0.29) is 5.57 Å². The molecule has 0 heterocycles. The normalized spacial score (nSPS) is 11.4. The molecule has 0 aromatic heterocycles. The van der Waals surface area contributed by atoms with Gasteiger partial charge in [-0.25, -0.2) is 4.79 Å². The van der Waals surface area contributed by atoms with Crippen LogP contribution in [0.15, 0.2) is 36.4 Å². The van der Waals surface area contributed by atoms with E-state index in [0.29, 0.717) is 13.0 Å². The quantitative estimate of drug-likeness (QED) is 0.341. The molecule has 1 aromatic rings. The number of carbonyl (C=O) groups is 1. The minimum atomic E-state index is -0.526. The Hall–Kier alpha value is -2.05. The lowest BCUT2D eigenvalue weighted by molar-refractivity contribution is -0.137. The number of hydrogen-bond donors (Lipinski definition) is 0. The molecule has 1 atom stereocenters. The number of rotatable bonds is 6. The first-order valence-corrected chi connectivity index (χ1v) is 5.99. The second kappa shape index (κ2) is 7.40. The molecule has 1 rings (SSSR count). The first-order valence-electron chi connectivity index (χ1n) is 5.99. The van der Waals surface area contributed by atoms with Crippen LogP contribution in [0.5, 0.6) is 0 Å². The van der Waals surface area contributed by atoms with Gasteiger partial charge in [-0.2, -0.15) is 0 Å². The monoisotopic (exact) mass is 258 g/mol. The smallest absolute Gasteiger partial charge is 0.336 e. The molecule has 0 aliphatic carbocycles. The van der Waals surface area contributed by atoms with Gasteiger partial charge in [-0.1, -0.05) is 36.4 Å². The van der Waals surface area contributed by atoms with Crippen molar-refractivity contribution in [1.82, 2.24) is 0 Å². The van der Waals surface area contributed by atoms with E-state index in [9.17, 15) is 4.79 Å². The van der Waals surface area contributed by atoms with Gasteiger partial charge in [0.15, 0.2) is 0 Å². The fraction of sp³-hybridized carbons (Fsp3) is 0.312. The maximum absolute atomic E-state index is 11.6. The van der Waals surface area contributed by atoms with Crippen LogP contribution >= 0.6 is 0 Å². The van der Waals surface area contributed by atoms with Crippen LogP contribution < -0.4 is 0 Å². The van der Waals surface area contributed by atoms with E-state index in [1.54, 1.807) is 0 Å². The molecule has 1 unspecified atom stereocenters. The third-order valence-corrected chi connectivity index (χ3v) is 2.68. The molecule has 100 valence electrons. The summed E-state index contributed by atoms with van der Waals surface area (Å²) in [4.78, 5) is 11.6. The Morgan fingerprint density at radius 3 is 2.58 bits per heavy atom. The Labute approximate surface area is 114 Å². The molecule has 0 bridgehead atoms. The number of ether oxygens (including phenoxy) is 2. The molecular formula is C16H18O3. The van der Waals surface area contributed by atoms with Gasteiger partial charge in [0.2, 0.25) is 0 Å². The third-order valence-electron chi connectivity index (χ3n) is 2.68. The molecule has 0 aliphatic heterocycles. The Morgan fingerprint density at radius 2 is 2.05 bits per heavy atom. The Balaban J connectivity index is 2.91. The zero-order valence-electron chi connectivity index (χ0n) is 11.3. The second-order valence-corrected chi connectivity index (χ2v) is 4.13. The summed E-state index contributed by atoms with van der Waals surface area (Å²) in [6.45, 7) is 6.11. The number of esters is 1. The van der Waals surface area contributed by atoms with Gasteiger partial charge in [0.1, 0.15) is 6.10 Å². The molecule has 0 N–H and O–H groups in total. The number of methoxy groups -OCH3 is 1. The van der Waals surface area contributed by atoms with E-state index in [2.05, 4.69) is 17.2 Å². The minimum Gasteiger partial charge on any atom is -0.466 e. The van der Waals surface area contributed by atoms with Crippen LogP contribution in [0.25, 0.3) is 0 Å². The zero-order valence-corrected chi connectivity index (χ0v) is 11.3. The van der Waals surface area contributed by atoms with Crippen molar-refractivity contribution in [3.8, 4) is 12.3 Å². The predicted octanol–water partition coefficient (Wildman–Crippen LogP) is 2.81. The van der Waals surface area contributed by atoms with Crippen molar-refractivity contribution in [3.05, 3.63) is 47.5 Å². The third kappa shape index (κ3) is 4.27. The first-order chi connectivity index (χ1) is 9.10. The molecule has 0 aliphatic rings. The van der Waals surface area contributed by atoms with Crippen molar-refractivity contribution in [2.24, 2.45) is 0 Å². The molecule has 3 heteroatoms. The van der Waals surface area contributed by atoms with Crippen molar-refractivity contribution in [2.45, 2.75) is 19.4 Å². The van der Waals surface area contributed by atoms with Gasteiger partial charge in [0.05, 0.1) is 19.3 Å². The molecule has 19 heavy (non-hydrogen) atoms. The number of benzene rings is 1. The van der Waals surface area contributed by atoms with E-state index < -0.39 is 12.1 Å². The molecule has 0 fully saturated rings. The van der Waals surface area contributed by atoms with E-state index in [4.69, 9.17) is 11.2 Å². The highest BCUT2D eigenvalue weighted by molar-refractivity contribution is 5.89. The summed E-state index contributed by atoms with van der Waals surface area (Å²) in [5.74, 6) is 2.01. The highest BCUT2D eigenvalue weighted by atomic mass is 16.5.